The zero-order chi connectivity index (χ0) is 61.7. The van der Waals surface area contributed by atoms with Crippen molar-refractivity contribution < 1.29 is 81.6 Å². The SMILES string of the molecule is C[C@H](NC(=O)CCCCCN1C(=O)C=CC1=O)C(=O)N[C@H](C)C(=O)N[C@@H](CC(N)=O)C(=O)N[C@@H](CCN(C(=O)CO)[C@@H](c1cc(-c2cc(F)ccc2F)cn1Cc1ccccc1)C(C)(C)C)C(=O)NCCC(=O)N[C@H](CCC(=O)O)C(=O)O. The van der Waals surface area contributed by atoms with Gasteiger partial charge in [-0.1, -0.05) is 57.5 Å². The molecule has 11 N–H and O–H groups in total. The largest absolute Gasteiger partial charge is 0.481 e. The maximum Gasteiger partial charge on any atom is 0.326 e. The van der Waals surface area contributed by atoms with Gasteiger partial charge in [0, 0.05) is 80.6 Å². The Kier molecular flexibility index (Phi) is 25.2. The van der Waals surface area contributed by atoms with E-state index in [1.807, 2.05) is 12.1 Å². The van der Waals surface area contributed by atoms with Crippen LogP contribution in [0.5, 0.6) is 0 Å². The van der Waals surface area contributed by atoms with Crippen LogP contribution >= 0.6 is 0 Å². The molecule has 6 atom stereocenters. The highest BCUT2D eigenvalue weighted by atomic mass is 19.1. The van der Waals surface area contributed by atoms with Gasteiger partial charge in [-0.15, -0.1) is 0 Å². The molecule has 1 aliphatic rings. The Bertz CT molecular complexity index is 2890. The summed E-state index contributed by atoms with van der Waals surface area (Å²) in [7, 11) is 0. The first-order valence-electron chi connectivity index (χ1n) is 26.7. The number of aliphatic carboxylic acids is 2. The van der Waals surface area contributed by atoms with Crippen molar-refractivity contribution in [3.8, 4) is 11.1 Å². The van der Waals surface area contributed by atoms with Crippen LogP contribution in [0.4, 0.5) is 8.78 Å². The minimum absolute atomic E-state index is 0.00745. The number of nitrogens with two attached hydrogens (primary N) is 1. The van der Waals surface area contributed by atoms with Crippen molar-refractivity contribution in [1.82, 2.24) is 46.3 Å². The number of primary amides is 1. The van der Waals surface area contributed by atoms with Gasteiger partial charge in [0.2, 0.25) is 47.3 Å². The van der Waals surface area contributed by atoms with E-state index in [9.17, 15) is 72.1 Å². The summed E-state index contributed by atoms with van der Waals surface area (Å²) < 4.78 is 31.8. The van der Waals surface area contributed by atoms with E-state index in [-0.39, 0.29) is 30.6 Å². The maximum absolute atomic E-state index is 15.4. The highest BCUT2D eigenvalue weighted by molar-refractivity contribution is 6.12. The average Bonchev–Trinajstić information content (AvgIpc) is 2.72. The molecular weight excluding hydrogens is 1090 g/mol. The van der Waals surface area contributed by atoms with E-state index in [2.05, 4.69) is 31.9 Å². The van der Waals surface area contributed by atoms with E-state index in [1.165, 1.54) is 30.9 Å². The van der Waals surface area contributed by atoms with Gasteiger partial charge in [-0.05, 0) is 74.8 Å². The number of aliphatic hydroxyl groups is 1. The number of nitrogens with zero attached hydrogens (tertiary/aromatic N) is 3. The molecule has 1 aromatic heterocycles. The predicted octanol–water partition coefficient (Wildman–Crippen LogP) is 1.06. The molecule has 83 heavy (non-hydrogen) atoms. The molecule has 4 rings (SSSR count). The number of carbonyl (C=O) groups excluding carboxylic acids is 10. The monoisotopic (exact) mass is 1160 g/mol. The highest BCUT2D eigenvalue weighted by Gasteiger charge is 2.39. The summed E-state index contributed by atoms with van der Waals surface area (Å²) in [6.45, 7) is 6.18. The smallest absolute Gasteiger partial charge is 0.326 e. The van der Waals surface area contributed by atoms with Gasteiger partial charge >= 0.3 is 11.9 Å². The fourth-order valence-corrected chi connectivity index (χ4v) is 9.00. The van der Waals surface area contributed by atoms with E-state index in [4.69, 9.17) is 10.8 Å². The van der Waals surface area contributed by atoms with E-state index >= 15 is 4.39 Å². The molecule has 0 aliphatic carbocycles. The molecule has 0 radical (unpaired) electrons. The minimum atomic E-state index is -1.82. The Hall–Kier alpha value is -8.88. The molecule has 2 heterocycles. The average molecular weight is 1160 g/mol. The first kappa shape index (κ1) is 66.6. The molecule has 27 heteroatoms. The number of hydrogen-bond acceptors (Lipinski definition) is 13. The van der Waals surface area contributed by atoms with E-state index < -0.39 is 176 Å². The standard InChI is InChI=1S/C56H72F2N10O15/c1-32(61-44(71)14-10-7-11-24-67-46(73)18-19-47(67)74)51(78)62-33(2)52(79)65-41(28-43(59)70)54(81)64-39(53(80)60-23-21-45(72)63-40(55(82)83)17-20-49(76)77)22-25-68(48(75)31-69)50(56(3,4)5)42-26-35(37-27-36(57)15-16-38(37)58)30-66(42)29-34-12-8-6-9-13-34/h6,8-9,12-13,15-16,18-19,26-27,30,32-33,39-41,50,69H,7,10-11,14,17,20-25,28-29,31H2,1-5H3,(H2,59,70)(H,60,80)(H,61,71)(H,62,78)(H,63,72)(H,64,81)(H,65,79)(H,76,77)(H,82,83)/t32-,33+,39-,40+,41-,50-/m0/s1. The van der Waals surface area contributed by atoms with Crippen LogP contribution in [0.25, 0.3) is 11.1 Å². The van der Waals surface area contributed by atoms with Crippen LogP contribution in [0.3, 0.4) is 0 Å². The summed E-state index contributed by atoms with van der Waals surface area (Å²) >= 11 is 0. The molecule has 1 aliphatic heterocycles. The van der Waals surface area contributed by atoms with E-state index in [1.54, 1.807) is 55.8 Å². The molecule has 450 valence electrons. The van der Waals surface area contributed by atoms with Gasteiger partial charge in [-0.3, -0.25) is 57.6 Å². The fourth-order valence-electron chi connectivity index (χ4n) is 9.00. The van der Waals surface area contributed by atoms with Gasteiger partial charge in [0.15, 0.2) is 0 Å². The normalized spacial score (nSPS) is 14.3. The minimum Gasteiger partial charge on any atom is -0.481 e. The Morgan fingerprint density at radius 1 is 0.699 bits per heavy atom. The molecule has 2 aromatic carbocycles. The number of nitrogens with one attached hydrogen (secondary N) is 6. The highest BCUT2D eigenvalue weighted by Crippen LogP contribution is 2.41. The molecule has 25 nitrogen and oxygen atoms in total. The summed E-state index contributed by atoms with van der Waals surface area (Å²) in [5.41, 5.74) is 5.83. The lowest BCUT2D eigenvalue weighted by Crippen LogP contribution is -2.58. The number of imide groups is 1. The summed E-state index contributed by atoms with van der Waals surface area (Å²) in [5.74, 6) is -12.6. The molecule has 0 spiro atoms. The lowest BCUT2D eigenvalue weighted by molar-refractivity contribution is -0.143. The van der Waals surface area contributed by atoms with Crippen molar-refractivity contribution in [2.75, 3.05) is 26.2 Å². The van der Waals surface area contributed by atoms with Crippen LogP contribution in [-0.2, 0) is 64.1 Å². The molecule has 0 saturated heterocycles. The van der Waals surface area contributed by atoms with Gasteiger partial charge in [0.05, 0.1) is 12.5 Å². The van der Waals surface area contributed by atoms with Gasteiger partial charge in [0.25, 0.3) is 11.8 Å². The second-order valence-corrected chi connectivity index (χ2v) is 20.9. The quantitative estimate of drug-likeness (QED) is 0.0301. The number of benzene rings is 2. The van der Waals surface area contributed by atoms with Gasteiger partial charge in [-0.2, -0.15) is 0 Å². The number of carboxylic acid groups (broad SMARTS) is 2. The number of amides is 10. The van der Waals surface area contributed by atoms with Crippen LogP contribution in [-0.4, -0.2) is 157 Å². The second-order valence-electron chi connectivity index (χ2n) is 20.9. The molecule has 3 aromatic rings. The van der Waals surface area contributed by atoms with Crippen LogP contribution in [0, 0.1) is 17.0 Å². The summed E-state index contributed by atoms with van der Waals surface area (Å²) in [5, 5.41) is 43.3. The first-order chi connectivity index (χ1) is 39.1. The Labute approximate surface area is 477 Å². The molecule has 0 saturated carbocycles. The van der Waals surface area contributed by atoms with Crippen molar-refractivity contribution in [2.45, 2.75) is 135 Å². The third kappa shape index (κ3) is 20.9. The molecule has 0 fully saturated rings. The zero-order valence-corrected chi connectivity index (χ0v) is 46.7. The molecule has 10 amide bonds. The second kappa shape index (κ2) is 31.4. The number of unbranched alkanes of at least 4 members (excludes halogenated alkanes) is 2. The lowest BCUT2D eigenvalue weighted by atomic mass is 9.82. The third-order valence-electron chi connectivity index (χ3n) is 13.2. The van der Waals surface area contributed by atoms with Crippen LogP contribution in [0.15, 0.2) is 72.9 Å². The Morgan fingerprint density at radius 3 is 1.94 bits per heavy atom. The lowest BCUT2D eigenvalue weighted by Gasteiger charge is -2.41. The van der Waals surface area contributed by atoms with Crippen LogP contribution in [0.1, 0.15) is 110 Å². The van der Waals surface area contributed by atoms with E-state index in [0.717, 1.165) is 28.7 Å². The molecule has 0 bridgehead atoms. The van der Waals surface area contributed by atoms with E-state index in [0.29, 0.717) is 25.0 Å². The van der Waals surface area contributed by atoms with Crippen LogP contribution < -0.4 is 37.6 Å². The number of carbonyl (C=O) groups is 12. The van der Waals surface area contributed by atoms with Crippen molar-refractivity contribution in [1.29, 1.82) is 0 Å². The predicted molar refractivity (Wildman–Crippen MR) is 292 cm³/mol. The topological polar surface area (TPSA) is 375 Å². The zero-order valence-electron chi connectivity index (χ0n) is 46.7. The van der Waals surface area contributed by atoms with Crippen LogP contribution in [0.2, 0.25) is 0 Å². The van der Waals surface area contributed by atoms with Crippen molar-refractivity contribution in [2.24, 2.45) is 11.1 Å². The van der Waals surface area contributed by atoms with Crippen molar-refractivity contribution >= 4 is 71.0 Å². The summed E-state index contributed by atoms with van der Waals surface area (Å²) in [6.07, 6.45) is 2.23. The number of aromatic nitrogens is 1. The Morgan fingerprint density at radius 2 is 1.33 bits per heavy atom. The number of aliphatic hydroxyl groups excluding tert-OH is 1. The maximum atomic E-state index is 15.4. The van der Waals surface area contributed by atoms with Crippen molar-refractivity contribution in [3.63, 3.8) is 0 Å². The fraction of sp³-hybridized carbons (Fsp3) is 0.464. The third-order valence-corrected chi connectivity index (χ3v) is 13.2. The van der Waals surface area contributed by atoms with Gasteiger partial charge in [0.1, 0.15) is 48.5 Å². The molecular formula is C56H72F2N10O15. The number of hydrogen-bond donors (Lipinski definition) is 10. The molecule has 0 unspecified atom stereocenters. The number of rotatable bonds is 33. The number of halogens is 2. The number of carboxylic acids is 2. The van der Waals surface area contributed by atoms with Crippen molar-refractivity contribution in [3.05, 3.63) is 95.8 Å². The first-order valence-corrected chi connectivity index (χ1v) is 26.7. The summed E-state index contributed by atoms with van der Waals surface area (Å²) in [4.78, 5) is 156. The van der Waals surface area contributed by atoms with Gasteiger partial charge < -0.3 is 62.4 Å². The van der Waals surface area contributed by atoms with Gasteiger partial charge in [-0.25, -0.2) is 13.6 Å². The Balaban J connectivity index is 1.59. The summed E-state index contributed by atoms with van der Waals surface area (Å²) in [6, 6.07) is 4.76.